The molecule has 0 spiro atoms. The Balaban J connectivity index is 2.39. The highest BCUT2D eigenvalue weighted by molar-refractivity contribution is 9.09. The monoisotopic (exact) mass is 468 g/mol. The number of carbonyl (C=O) groups excluding carboxylic acids is 2. The fraction of sp³-hybridized carbons (Fsp3) is 0.600. The molecule has 1 saturated heterocycles. The number of aromatic amines is 1. The van der Waals surface area contributed by atoms with Gasteiger partial charge in [-0.1, -0.05) is 15.9 Å². The van der Waals surface area contributed by atoms with Gasteiger partial charge in [0.2, 0.25) is 0 Å². The number of aromatic nitrogens is 2. The number of H-pyrrole nitrogens is 1. The molecule has 0 aromatic carbocycles. The van der Waals surface area contributed by atoms with Gasteiger partial charge in [0.15, 0.2) is 12.3 Å². The van der Waals surface area contributed by atoms with Crippen LogP contribution in [-0.4, -0.2) is 56.8 Å². The normalized spacial score (nSPS) is 25.8. The van der Waals surface area contributed by atoms with Crippen LogP contribution in [0.4, 0.5) is 0 Å². The van der Waals surface area contributed by atoms with E-state index in [1.54, 1.807) is 0 Å². The van der Waals surface area contributed by atoms with E-state index in [-0.39, 0.29) is 17.5 Å². The Morgan fingerprint density at radius 1 is 1.41 bits per heavy atom. The molecule has 1 aromatic heterocycles. The number of hydrogen-bond acceptors (Lipinski definition) is 8. The first-order chi connectivity index (χ1) is 12.6. The van der Waals surface area contributed by atoms with E-state index in [0.717, 1.165) is 11.5 Å². The third-order valence-corrected chi connectivity index (χ3v) is 5.21. The second-order valence-electron chi connectivity index (χ2n) is 5.81. The molecule has 5 atom stereocenters. The van der Waals surface area contributed by atoms with Gasteiger partial charge in [0.25, 0.3) is 5.56 Å². The second-order valence-corrected chi connectivity index (χ2v) is 6.98. The zero-order chi connectivity index (χ0) is 20.3. The maximum Gasteiger partial charge on any atom is 0.330 e. The van der Waals surface area contributed by atoms with Crippen LogP contribution in [0.25, 0.3) is 0 Å². The number of halogens is 2. The quantitative estimate of drug-likeness (QED) is 0.437. The molecule has 2 heterocycles. The molecule has 0 amide bonds. The van der Waals surface area contributed by atoms with Crippen molar-refractivity contribution >= 4 is 39.5 Å². The van der Waals surface area contributed by atoms with E-state index < -0.39 is 53.1 Å². The summed E-state index contributed by atoms with van der Waals surface area (Å²) in [7, 11) is 0. The predicted molar refractivity (Wildman–Crippen MR) is 95.8 cm³/mol. The molecule has 27 heavy (non-hydrogen) atoms. The highest BCUT2D eigenvalue weighted by Gasteiger charge is 2.48. The van der Waals surface area contributed by atoms with E-state index in [1.165, 1.54) is 13.1 Å². The highest BCUT2D eigenvalue weighted by Crippen LogP contribution is 2.31. The van der Waals surface area contributed by atoms with Crippen molar-refractivity contribution in [3.63, 3.8) is 0 Å². The summed E-state index contributed by atoms with van der Waals surface area (Å²) in [6.45, 7) is 2.02. The number of ether oxygens (including phenoxy) is 3. The van der Waals surface area contributed by atoms with Gasteiger partial charge in [-0.2, -0.15) is 0 Å². The van der Waals surface area contributed by atoms with Gasteiger partial charge in [0, 0.05) is 25.4 Å². The molecule has 1 aromatic rings. The van der Waals surface area contributed by atoms with Crippen molar-refractivity contribution in [1.29, 1.82) is 0 Å². The van der Waals surface area contributed by atoms with Gasteiger partial charge in [0.1, 0.15) is 18.8 Å². The number of hydrogen-bond donors (Lipinski definition) is 2. The van der Waals surface area contributed by atoms with E-state index >= 15 is 0 Å². The van der Waals surface area contributed by atoms with Crippen molar-refractivity contribution < 1.29 is 28.9 Å². The van der Waals surface area contributed by atoms with Crippen LogP contribution in [0, 0.1) is 0 Å². The van der Waals surface area contributed by atoms with Gasteiger partial charge in [-0.25, -0.2) is 4.79 Å². The van der Waals surface area contributed by atoms with E-state index in [9.17, 15) is 24.3 Å². The van der Waals surface area contributed by atoms with Gasteiger partial charge in [-0.15, -0.1) is 11.6 Å². The molecule has 0 aliphatic carbocycles. The zero-order valence-electron chi connectivity index (χ0n) is 14.4. The molecule has 0 radical (unpaired) electrons. The third kappa shape index (κ3) is 4.98. The fourth-order valence-corrected chi connectivity index (χ4v) is 3.12. The molecule has 1 aliphatic heterocycles. The molecule has 150 valence electrons. The van der Waals surface area contributed by atoms with E-state index in [4.69, 9.17) is 25.8 Å². The summed E-state index contributed by atoms with van der Waals surface area (Å²) < 4.78 is 16.5. The number of aliphatic hydroxyl groups excluding tert-OH is 1. The minimum Gasteiger partial charge on any atom is -0.463 e. The van der Waals surface area contributed by atoms with Crippen molar-refractivity contribution in [3.05, 3.63) is 32.6 Å². The van der Waals surface area contributed by atoms with Crippen molar-refractivity contribution in [1.82, 2.24) is 9.55 Å². The summed E-state index contributed by atoms with van der Waals surface area (Å²) in [6.07, 6.45) is -3.77. The Kier molecular flexibility index (Phi) is 7.20. The molecular formula is C15H18BrClN2O8. The molecule has 10 nitrogen and oxygen atoms in total. The first-order valence-corrected chi connectivity index (χ1v) is 9.41. The van der Waals surface area contributed by atoms with E-state index in [0.29, 0.717) is 0 Å². The molecule has 1 fully saturated rings. The van der Waals surface area contributed by atoms with Gasteiger partial charge in [-0.05, 0) is 0 Å². The molecule has 2 rings (SSSR count). The Bertz CT molecular complexity index is 825. The number of nitrogens with one attached hydrogen (secondary N) is 1. The van der Waals surface area contributed by atoms with Gasteiger partial charge < -0.3 is 19.3 Å². The van der Waals surface area contributed by atoms with Gasteiger partial charge >= 0.3 is 17.6 Å². The Morgan fingerprint density at radius 2 is 2.07 bits per heavy atom. The van der Waals surface area contributed by atoms with Crippen molar-refractivity contribution in [2.45, 2.75) is 43.8 Å². The molecule has 12 heteroatoms. The topological polar surface area (TPSA) is 137 Å². The second kappa shape index (κ2) is 9.00. The third-order valence-electron chi connectivity index (χ3n) is 3.80. The molecule has 0 saturated carbocycles. The number of alkyl halides is 2. The summed E-state index contributed by atoms with van der Waals surface area (Å²) in [5.41, 5.74) is -1.44. The Hall–Kier alpha value is -1.69. The van der Waals surface area contributed by atoms with E-state index in [2.05, 4.69) is 20.9 Å². The molecule has 1 unspecified atom stereocenters. The van der Waals surface area contributed by atoms with Crippen LogP contribution < -0.4 is 11.2 Å². The number of nitrogens with zero attached hydrogens (tertiary/aromatic N) is 1. The van der Waals surface area contributed by atoms with Crippen molar-refractivity contribution in [2.24, 2.45) is 0 Å². The largest absolute Gasteiger partial charge is 0.463 e. The zero-order valence-corrected chi connectivity index (χ0v) is 16.7. The number of aliphatic hydroxyl groups is 1. The smallest absolute Gasteiger partial charge is 0.330 e. The summed E-state index contributed by atoms with van der Waals surface area (Å²) in [6, 6.07) is 0. The summed E-state index contributed by atoms with van der Waals surface area (Å²) in [4.78, 5) is 48.6. The van der Waals surface area contributed by atoms with Crippen molar-refractivity contribution in [2.75, 3.05) is 11.9 Å². The minimum absolute atomic E-state index is 0.0800. The van der Waals surface area contributed by atoms with Crippen LogP contribution in [0.15, 0.2) is 15.8 Å². The lowest BCUT2D eigenvalue weighted by Gasteiger charge is -2.20. The fourth-order valence-electron chi connectivity index (χ4n) is 2.62. The Morgan fingerprint density at radius 3 is 2.63 bits per heavy atom. The van der Waals surface area contributed by atoms with Crippen LogP contribution in [0.2, 0.25) is 0 Å². The van der Waals surface area contributed by atoms with E-state index in [1.807, 2.05) is 0 Å². The lowest BCUT2D eigenvalue weighted by molar-refractivity contribution is -0.157. The average molecular weight is 470 g/mol. The van der Waals surface area contributed by atoms with Gasteiger partial charge in [0.05, 0.1) is 10.9 Å². The van der Waals surface area contributed by atoms with Crippen LogP contribution in [0.5, 0.6) is 0 Å². The standard InChI is InChI=1S/C15H18BrClN2O8/c1-6(20)25-5-10-12(26-7(2)21)11(22)14(27-10)19-4-8(9(17)3-16)13(23)18-15(19)24/h4,9-12,14,22H,3,5H2,1-2H3,(H,18,23,24)/t9?,10-,11-,12-,14-/m1/s1. The molecule has 2 N–H and O–H groups in total. The SMILES string of the molecule is CC(=O)OC[C@H]1O[C@@H](n2cc(C(Cl)CBr)c(=O)[nH]c2=O)[C@H](O)[C@@H]1OC(C)=O. The molecule has 0 bridgehead atoms. The minimum atomic E-state index is -1.45. The summed E-state index contributed by atoms with van der Waals surface area (Å²) >= 11 is 9.21. The first kappa shape index (κ1) is 21.6. The number of rotatable bonds is 6. The maximum absolute atomic E-state index is 12.2. The van der Waals surface area contributed by atoms with Crippen LogP contribution >= 0.6 is 27.5 Å². The average Bonchev–Trinajstić information content (AvgIpc) is 2.88. The summed E-state index contributed by atoms with van der Waals surface area (Å²) in [5.74, 6) is -1.28. The maximum atomic E-state index is 12.2. The number of carbonyl (C=O) groups is 2. The molecule has 1 aliphatic rings. The Labute approximate surface area is 166 Å². The first-order valence-electron chi connectivity index (χ1n) is 7.85. The van der Waals surface area contributed by atoms with Crippen LogP contribution in [0.3, 0.4) is 0 Å². The predicted octanol–water partition coefficient (Wildman–Crippen LogP) is -0.0355. The highest BCUT2D eigenvalue weighted by atomic mass is 79.9. The van der Waals surface area contributed by atoms with Gasteiger partial charge in [-0.3, -0.25) is 23.9 Å². The lowest BCUT2D eigenvalue weighted by atomic mass is 10.1. The molecular weight excluding hydrogens is 452 g/mol. The van der Waals surface area contributed by atoms with Crippen molar-refractivity contribution in [3.8, 4) is 0 Å². The lowest BCUT2D eigenvalue weighted by Crippen LogP contribution is -2.40. The van der Waals surface area contributed by atoms with Crippen LogP contribution in [0.1, 0.15) is 31.0 Å². The number of esters is 2. The van der Waals surface area contributed by atoms with Crippen LogP contribution in [-0.2, 0) is 23.8 Å². The summed E-state index contributed by atoms with van der Waals surface area (Å²) in [5, 5.41) is 10.0.